The number of benzene rings is 3. The van der Waals surface area contributed by atoms with Crippen molar-refractivity contribution in [3.8, 4) is 38.4 Å². The molecule has 3 aromatic heterocycles. The molecule has 0 unspecified atom stereocenters. The van der Waals surface area contributed by atoms with Gasteiger partial charge in [0.1, 0.15) is 40.8 Å². The minimum absolute atomic E-state index is 0.0584. The van der Waals surface area contributed by atoms with Crippen LogP contribution in [0.2, 0.25) is 0 Å². The van der Waals surface area contributed by atoms with Crippen LogP contribution in [0.5, 0.6) is 5.75 Å². The average Bonchev–Trinajstić information content (AvgIpc) is 4.10. The maximum Gasteiger partial charge on any atom is 0.258 e. The first-order valence-corrected chi connectivity index (χ1v) is 24.6. The quantitative estimate of drug-likeness (QED) is 0.0965. The van der Waals surface area contributed by atoms with Crippen molar-refractivity contribution < 1.29 is 29.0 Å². The Bertz CT molecular complexity index is 2960. The summed E-state index contributed by atoms with van der Waals surface area (Å²) in [4.78, 5) is 54.9. The number of fused-ring (bicyclic) bond motifs is 3. The van der Waals surface area contributed by atoms with Crippen LogP contribution in [-0.4, -0.2) is 98.2 Å². The van der Waals surface area contributed by atoms with Crippen molar-refractivity contribution in [3.63, 3.8) is 0 Å². The van der Waals surface area contributed by atoms with E-state index in [2.05, 4.69) is 50.3 Å². The van der Waals surface area contributed by atoms with Gasteiger partial charge in [0, 0.05) is 49.1 Å². The summed E-state index contributed by atoms with van der Waals surface area (Å²) >= 11 is 3.27. The lowest BCUT2D eigenvalue weighted by Crippen LogP contribution is -2.58. The van der Waals surface area contributed by atoms with E-state index in [1.165, 1.54) is 9.78 Å². The Morgan fingerprint density at radius 2 is 1.65 bits per heavy atom. The van der Waals surface area contributed by atoms with Gasteiger partial charge in [0.25, 0.3) is 5.91 Å². The van der Waals surface area contributed by atoms with E-state index in [-0.39, 0.29) is 36.4 Å². The Hall–Kier alpha value is -6.58. The second-order valence-corrected chi connectivity index (χ2v) is 20.8. The predicted molar refractivity (Wildman–Crippen MR) is 267 cm³/mol. The molecule has 0 spiro atoms. The Labute approximate surface area is 410 Å². The van der Waals surface area contributed by atoms with E-state index in [9.17, 15) is 24.8 Å². The number of ether oxygens (including phenoxy) is 2. The lowest BCUT2D eigenvalue weighted by molar-refractivity contribution is -0.144. The van der Waals surface area contributed by atoms with Crippen LogP contribution in [0.1, 0.15) is 103 Å². The normalized spacial score (nSPS) is 17.5. The van der Waals surface area contributed by atoms with Gasteiger partial charge in [-0.25, -0.2) is 4.98 Å². The van der Waals surface area contributed by atoms with Crippen molar-refractivity contribution >= 4 is 46.1 Å². The number of aryl methyl sites for hydroxylation is 3. The third-order valence-electron chi connectivity index (χ3n) is 12.8. The number of aromatic nitrogens is 4. The van der Waals surface area contributed by atoms with Gasteiger partial charge in [-0.3, -0.25) is 23.9 Å². The molecule has 1 saturated heterocycles. The lowest BCUT2D eigenvalue weighted by Gasteiger charge is -2.35. The van der Waals surface area contributed by atoms with Crippen LogP contribution in [0.15, 0.2) is 77.2 Å². The molecule has 6 aromatic rings. The second kappa shape index (κ2) is 20.2. The van der Waals surface area contributed by atoms with Crippen molar-refractivity contribution in [2.45, 2.75) is 98.5 Å². The van der Waals surface area contributed by atoms with Gasteiger partial charge in [-0.1, -0.05) is 75.4 Å². The van der Waals surface area contributed by atoms with E-state index >= 15 is 0 Å². The summed E-state index contributed by atoms with van der Waals surface area (Å²) in [5.41, 5.74) is 9.80. The third kappa shape index (κ3) is 10.1. The van der Waals surface area contributed by atoms with Crippen LogP contribution in [0.25, 0.3) is 26.6 Å². The highest BCUT2D eigenvalue weighted by molar-refractivity contribution is 7.15. The number of likely N-dealkylation sites (tertiary alicyclic amines) is 1. The van der Waals surface area contributed by atoms with Gasteiger partial charge in [0.2, 0.25) is 11.8 Å². The molecule has 0 aliphatic carbocycles. The zero-order chi connectivity index (χ0) is 49.3. The summed E-state index contributed by atoms with van der Waals surface area (Å²) < 4.78 is 13.5. The minimum atomic E-state index is -1.06. The highest BCUT2D eigenvalue weighted by Crippen LogP contribution is 2.40. The maximum atomic E-state index is 14.3. The highest BCUT2D eigenvalue weighted by atomic mass is 32.1. The molecule has 8 rings (SSSR count). The predicted octanol–water partition coefficient (Wildman–Crippen LogP) is 7.90. The minimum Gasteiger partial charge on any atom is -0.482 e. The molecular weight excluding hydrogens is 911 g/mol. The molecule has 2 aliphatic heterocycles. The molecule has 0 saturated carbocycles. The fourth-order valence-electron chi connectivity index (χ4n) is 8.92. The average molecular weight is 968 g/mol. The van der Waals surface area contributed by atoms with Crippen molar-refractivity contribution in [3.05, 3.63) is 122 Å². The number of aliphatic imine (C=N–C) groups is 1. The van der Waals surface area contributed by atoms with Crippen LogP contribution >= 0.6 is 22.7 Å². The molecule has 69 heavy (non-hydrogen) atoms. The van der Waals surface area contributed by atoms with E-state index in [0.717, 1.165) is 71.9 Å². The Morgan fingerprint density at radius 1 is 0.957 bits per heavy atom. The fourth-order valence-corrected chi connectivity index (χ4v) is 10.9. The smallest absolute Gasteiger partial charge is 0.258 e. The van der Waals surface area contributed by atoms with Gasteiger partial charge in [-0.05, 0) is 80.0 Å². The van der Waals surface area contributed by atoms with Gasteiger partial charge < -0.3 is 30.1 Å². The summed E-state index contributed by atoms with van der Waals surface area (Å²) in [6.07, 6.45) is -0.217. The number of thiazole rings is 1. The second-order valence-electron chi connectivity index (χ2n) is 18.7. The zero-order valence-electron chi connectivity index (χ0n) is 40.3. The van der Waals surface area contributed by atoms with Crippen LogP contribution < -0.4 is 15.4 Å². The van der Waals surface area contributed by atoms with Gasteiger partial charge in [-0.15, -0.1) is 32.9 Å². The zero-order valence-corrected chi connectivity index (χ0v) is 41.9. The van der Waals surface area contributed by atoms with E-state index < -0.39 is 47.9 Å². The van der Waals surface area contributed by atoms with Crippen LogP contribution in [0.3, 0.4) is 0 Å². The van der Waals surface area contributed by atoms with Crippen LogP contribution in [0.4, 0.5) is 0 Å². The fraction of sp³-hybridized carbons (Fsp3) is 0.385. The molecule has 15 nitrogen and oxygen atoms in total. The number of amides is 3. The SMILES string of the molecule is COCC[C@@H]1N=C(c2ccc(-c3ccc(OCC(=O)N[C@H](C(=O)N4C[C@H](O)C[C@H]4C(=O)N[C@@H](C)c4ccc(-c5scnc5C)cc4)C(C)(C)C)c(C#N)c3)cc2)c2c(sc(C)c2C)-n2c(C)nnc21. The molecule has 2 aliphatic rings. The first-order valence-electron chi connectivity index (χ1n) is 22.9. The summed E-state index contributed by atoms with van der Waals surface area (Å²) in [5.74, 6) is 0.324. The molecule has 5 atom stereocenters. The van der Waals surface area contributed by atoms with Gasteiger partial charge >= 0.3 is 0 Å². The van der Waals surface area contributed by atoms with Gasteiger partial charge in [0.15, 0.2) is 12.4 Å². The standard InChI is InChI=1S/C52H57N9O6S2/c1-28-31(4)69-51-44(28)45(56-40(20-21-66-9)48-59-58-32(5)61(48)51)35-14-12-34(13-15-35)37-18-19-42(38(22-37)24-53)67-26-43(63)57-47(52(6,7)8)50(65)60-25-39(62)23-41(60)49(64)55-29(2)33-10-16-36(17-11-33)46-30(3)54-27-68-46/h10-19,22,27,29,39-41,47,62H,20-21,23,25-26H2,1-9H3,(H,55,64)(H,57,63)/t29-,39+,40-,41-,47+/m0/s1. The monoisotopic (exact) mass is 967 g/mol. The number of carbonyl (C=O) groups is 3. The first kappa shape index (κ1) is 48.9. The molecule has 3 amide bonds. The number of rotatable bonds is 14. The lowest BCUT2D eigenvalue weighted by atomic mass is 9.85. The number of aliphatic hydroxyl groups excluding tert-OH is 1. The van der Waals surface area contributed by atoms with E-state index in [1.807, 2.05) is 102 Å². The van der Waals surface area contributed by atoms with Gasteiger partial charge in [0.05, 0.1) is 39.5 Å². The molecule has 3 aromatic carbocycles. The number of methoxy groups -OCH3 is 1. The molecule has 17 heteroatoms. The molecule has 358 valence electrons. The van der Waals surface area contributed by atoms with Crippen molar-refractivity contribution in [1.82, 2.24) is 35.3 Å². The number of β-amino-alcohol motifs (C(OH)–C–C–N with tert-alkyl or cyclic N) is 1. The number of aliphatic hydroxyl groups is 1. The maximum absolute atomic E-state index is 14.3. The van der Waals surface area contributed by atoms with Gasteiger partial charge in [-0.2, -0.15) is 5.26 Å². The summed E-state index contributed by atoms with van der Waals surface area (Å²) in [5, 5.41) is 36.8. The first-order chi connectivity index (χ1) is 33.0. The Morgan fingerprint density at radius 3 is 2.32 bits per heavy atom. The van der Waals surface area contributed by atoms with Crippen molar-refractivity contribution in [2.75, 3.05) is 26.9 Å². The van der Waals surface area contributed by atoms with E-state index in [0.29, 0.717) is 13.0 Å². The number of thiophene rings is 1. The molecule has 0 radical (unpaired) electrons. The Balaban J connectivity index is 0.930. The molecular formula is C52H57N9O6S2. The topological polar surface area (TPSA) is 197 Å². The van der Waals surface area contributed by atoms with Crippen LogP contribution in [0, 0.1) is 44.4 Å². The summed E-state index contributed by atoms with van der Waals surface area (Å²) in [6, 6.07) is 20.7. The molecule has 1 fully saturated rings. The highest BCUT2D eigenvalue weighted by Gasteiger charge is 2.45. The van der Waals surface area contributed by atoms with Crippen LogP contribution in [-0.2, 0) is 19.1 Å². The number of hydrogen-bond donors (Lipinski definition) is 3. The largest absolute Gasteiger partial charge is 0.482 e. The third-order valence-corrected chi connectivity index (χ3v) is 15.0. The molecule has 0 bridgehead atoms. The Kier molecular flexibility index (Phi) is 14.3. The summed E-state index contributed by atoms with van der Waals surface area (Å²) in [6.45, 7) is 15.5. The number of nitrogens with one attached hydrogen (secondary N) is 2. The number of nitrogens with zero attached hydrogens (tertiary/aromatic N) is 7. The number of nitriles is 1. The number of carbonyl (C=O) groups excluding carboxylic acids is 3. The van der Waals surface area contributed by atoms with E-state index in [1.54, 1.807) is 41.9 Å². The number of hydrogen-bond acceptors (Lipinski definition) is 13. The van der Waals surface area contributed by atoms with Crippen molar-refractivity contribution in [1.29, 1.82) is 5.26 Å². The summed E-state index contributed by atoms with van der Waals surface area (Å²) in [7, 11) is 1.68. The molecule has 5 heterocycles. The molecule has 3 N–H and O–H groups in total. The van der Waals surface area contributed by atoms with Crippen molar-refractivity contribution in [2.24, 2.45) is 10.4 Å². The van der Waals surface area contributed by atoms with E-state index in [4.69, 9.17) is 14.5 Å².